The van der Waals surface area contributed by atoms with Crippen molar-refractivity contribution < 1.29 is 39.9 Å². The van der Waals surface area contributed by atoms with Crippen LogP contribution < -0.4 is 5.32 Å². The highest BCUT2D eigenvalue weighted by Crippen LogP contribution is 2.19. The molecule has 0 rings (SSSR count). The van der Waals surface area contributed by atoms with Crippen molar-refractivity contribution in [2.45, 2.75) is 99.2 Å². The predicted molar refractivity (Wildman–Crippen MR) is 126 cm³/mol. The first kappa shape index (κ1) is 37.4. The van der Waals surface area contributed by atoms with E-state index in [0.717, 1.165) is 38.2 Å². The standard InChI is InChI=1S/C9H19NO3.C6H12O2.C4H6O2.C4H10O/c1-4-5-10-8(13)7(12)9(2,3)6-11;1-2-3-4-5-6(7)8;1-2-3-4(5)6;1-3-4(2)5/h7,11-12H,4-6H2,1-3H3,(H,10,13);2-5H2,1H3,(H,7,8);2-3H,1H3,(H,5,6);4-5H,3H2,1-2H3/b;;3-2+;. The normalized spacial score (nSPS) is 12.1. The Morgan fingerprint density at radius 3 is 1.75 bits per heavy atom. The zero-order valence-electron chi connectivity index (χ0n) is 20.9. The van der Waals surface area contributed by atoms with Gasteiger partial charge in [-0.25, -0.2) is 4.79 Å². The van der Waals surface area contributed by atoms with Crippen LogP contribution in [0.15, 0.2) is 12.2 Å². The second-order valence-electron chi connectivity index (χ2n) is 7.79. The lowest BCUT2D eigenvalue weighted by atomic mass is 9.87. The van der Waals surface area contributed by atoms with Gasteiger partial charge in [0.15, 0.2) is 0 Å². The Hall–Kier alpha value is -1.97. The first-order valence-corrected chi connectivity index (χ1v) is 11.1. The van der Waals surface area contributed by atoms with E-state index in [9.17, 15) is 19.5 Å². The molecule has 1 amide bonds. The molecule has 0 radical (unpaired) electrons. The number of aliphatic hydroxyl groups excluding tert-OH is 3. The molecular weight excluding hydrogens is 418 g/mol. The van der Waals surface area contributed by atoms with Gasteiger partial charge in [-0.05, 0) is 33.1 Å². The Bertz CT molecular complexity index is 490. The number of rotatable bonds is 11. The molecule has 0 aromatic rings. The maximum atomic E-state index is 11.2. The molecule has 0 saturated carbocycles. The van der Waals surface area contributed by atoms with Crippen molar-refractivity contribution in [2.75, 3.05) is 13.2 Å². The number of nitrogens with one attached hydrogen (secondary N) is 1. The monoisotopic (exact) mass is 465 g/mol. The zero-order chi connectivity index (χ0) is 26.2. The molecule has 2 unspecified atom stereocenters. The van der Waals surface area contributed by atoms with E-state index in [1.807, 2.05) is 13.8 Å². The van der Waals surface area contributed by atoms with E-state index >= 15 is 0 Å². The van der Waals surface area contributed by atoms with Gasteiger partial charge in [0.25, 0.3) is 0 Å². The van der Waals surface area contributed by atoms with E-state index in [2.05, 4.69) is 12.2 Å². The lowest BCUT2D eigenvalue weighted by molar-refractivity contribution is -0.137. The van der Waals surface area contributed by atoms with Gasteiger partial charge in [-0.3, -0.25) is 9.59 Å². The van der Waals surface area contributed by atoms with Crippen LogP contribution in [0.1, 0.15) is 87.0 Å². The van der Waals surface area contributed by atoms with Crippen molar-refractivity contribution in [3.63, 3.8) is 0 Å². The molecule has 9 nitrogen and oxygen atoms in total. The molecule has 0 spiro atoms. The Morgan fingerprint density at radius 2 is 1.50 bits per heavy atom. The summed E-state index contributed by atoms with van der Waals surface area (Å²) in [6, 6.07) is 0. The number of hydrogen-bond acceptors (Lipinski definition) is 6. The maximum absolute atomic E-state index is 11.2. The van der Waals surface area contributed by atoms with Crippen LogP contribution in [0, 0.1) is 5.41 Å². The lowest BCUT2D eigenvalue weighted by Crippen LogP contribution is -2.45. The molecule has 0 aliphatic heterocycles. The van der Waals surface area contributed by atoms with Crippen molar-refractivity contribution in [2.24, 2.45) is 5.41 Å². The maximum Gasteiger partial charge on any atom is 0.327 e. The van der Waals surface area contributed by atoms with Crippen molar-refractivity contribution in [1.29, 1.82) is 0 Å². The van der Waals surface area contributed by atoms with Crippen LogP contribution in [-0.4, -0.2) is 68.7 Å². The van der Waals surface area contributed by atoms with Gasteiger partial charge < -0.3 is 30.8 Å². The first-order chi connectivity index (χ1) is 14.8. The summed E-state index contributed by atoms with van der Waals surface area (Å²) in [5.41, 5.74) is -0.780. The molecule has 9 heteroatoms. The van der Waals surface area contributed by atoms with Gasteiger partial charge in [-0.2, -0.15) is 0 Å². The van der Waals surface area contributed by atoms with Crippen LogP contribution in [-0.2, 0) is 14.4 Å². The van der Waals surface area contributed by atoms with Crippen LogP contribution in [0.2, 0.25) is 0 Å². The highest BCUT2D eigenvalue weighted by atomic mass is 16.4. The number of carboxylic acids is 2. The minimum absolute atomic E-state index is 0.116. The lowest BCUT2D eigenvalue weighted by Gasteiger charge is -2.26. The molecule has 192 valence electrons. The zero-order valence-corrected chi connectivity index (χ0v) is 20.9. The molecule has 0 aliphatic carbocycles. The van der Waals surface area contributed by atoms with Gasteiger partial charge in [0.2, 0.25) is 5.91 Å². The van der Waals surface area contributed by atoms with Crippen LogP contribution in [0.25, 0.3) is 0 Å². The molecular formula is C23H47NO8. The Labute approximate surface area is 193 Å². The molecule has 0 aliphatic rings. The highest BCUT2D eigenvalue weighted by Gasteiger charge is 2.32. The predicted octanol–water partition coefficient (Wildman–Crippen LogP) is 2.97. The van der Waals surface area contributed by atoms with Crippen molar-refractivity contribution in [3.8, 4) is 0 Å². The van der Waals surface area contributed by atoms with E-state index < -0.39 is 29.4 Å². The molecule has 0 aromatic carbocycles. The number of amides is 1. The number of hydrogen-bond donors (Lipinski definition) is 6. The Morgan fingerprint density at radius 1 is 1.00 bits per heavy atom. The number of allylic oxidation sites excluding steroid dienone is 1. The van der Waals surface area contributed by atoms with E-state index in [1.165, 1.54) is 6.08 Å². The largest absolute Gasteiger partial charge is 0.481 e. The summed E-state index contributed by atoms with van der Waals surface area (Å²) in [4.78, 5) is 30.6. The van der Waals surface area contributed by atoms with E-state index in [4.69, 9.17) is 20.4 Å². The molecule has 0 heterocycles. The Kier molecular flexibility index (Phi) is 29.5. The van der Waals surface area contributed by atoms with Crippen molar-refractivity contribution in [1.82, 2.24) is 5.32 Å². The quantitative estimate of drug-likeness (QED) is 0.200. The fourth-order valence-electron chi connectivity index (χ4n) is 1.46. The number of carbonyl (C=O) groups is 3. The summed E-state index contributed by atoms with van der Waals surface area (Å²) in [5, 5.41) is 45.3. The van der Waals surface area contributed by atoms with Gasteiger partial charge in [0.05, 0.1) is 12.7 Å². The number of unbranched alkanes of at least 4 members (excludes halogenated alkanes) is 2. The number of carboxylic acid groups (broad SMARTS) is 2. The summed E-state index contributed by atoms with van der Waals surface area (Å²) >= 11 is 0. The number of aliphatic carboxylic acids is 2. The molecule has 6 N–H and O–H groups in total. The van der Waals surface area contributed by atoms with Crippen LogP contribution >= 0.6 is 0 Å². The van der Waals surface area contributed by atoms with Gasteiger partial charge in [-0.1, -0.05) is 53.5 Å². The average Bonchev–Trinajstić information content (AvgIpc) is 2.72. The minimum Gasteiger partial charge on any atom is -0.481 e. The molecule has 32 heavy (non-hydrogen) atoms. The summed E-state index contributed by atoms with van der Waals surface area (Å²) in [6.07, 6.45) is 6.26. The van der Waals surface area contributed by atoms with Gasteiger partial charge >= 0.3 is 11.9 Å². The second-order valence-corrected chi connectivity index (χ2v) is 7.79. The smallest absolute Gasteiger partial charge is 0.327 e. The summed E-state index contributed by atoms with van der Waals surface area (Å²) < 4.78 is 0. The first-order valence-electron chi connectivity index (χ1n) is 11.1. The van der Waals surface area contributed by atoms with Gasteiger partial charge in [0, 0.05) is 24.5 Å². The average molecular weight is 466 g/mol. The third-order valence-corrected chi connectivity index (χ3v) is 3.84. The van der Waals surface area contributed by atoms with Gasteiger partial charge in [0.1, 0.15) is 6.10 Å². The number of aliphatic hydroxyl groups is 3. The topological polar surface area (TPSA) is 164 Å². The van der Waals surface area contributed by atoms with Crippen molar-refractivity contribution >= 4 is 17.8 Å². The van der Waals surface area contributed by atoms with Crippen molar-refractivity contribution in [3.05, 3.63) is 12.2 Å². The van der Waals surface area contributed by atoms with Crippen LogP contribution in [0.3, 0.4) is 0 Å². The molecule has 2 atom stereocenters. The molecule has 0 saturated heterocycles. The SMILES string of the molecule is C/C=C/C(=O)O.CCC(C)O.CCCCCC(=O)O.CCCNC(=O)C(O)C(C)(C)CO. The minimum atomic E-state index is -1.15. The molecule has 0 bridgehead atoms. The van der Waals surface area contributed by atoms with E-state index in [1.54, 1.807) is 27.7 Å². The summed E-state index contributed by atoms with van der Waals surface area (Å²) in [7, 11) is 0. The summed E-state index contributed by atoms with van der Waals surface area (Å²) in [5.74, 6) is -1.99. The van der Waals surface area contributed by atoms with Crippen LogP contribution in [0.4, 0.5) is 0 Å². The van der Waals surface area contributed by atoms with E-state index in [-0.39, 0.29) is 12.7 Å². The number of carbonyl (C=O) groups excluding carboxylic acids is 1. The molecule has 0 aromatic heterocycles. The fourth-order valence-corrected chi connectivity index (χ4v) is 1.46. The van der Waals surface area contributed by atoms with E-state index in [0.29, 0.717) is 13.0 Å². The molecule has 0 fully saturated rings. The third kappa shape index (κ3) is 32.7. The Balaban J connectivity index is -0.000000177. The van der Waals surface area contributed by atoms with Gasteiger partial charge in [-0.15, -0.1) is 0 Å². The second kappa shape index (κ2) is 25.3. The fraction of sp³-hybridized carbons (Fsp3) is 0.783. The highest BCUT2D eigenvalue weighted by molar-refractivity contribution is 5.81. The van der Waals surface area contributed by atoms with Crippen LogP contribution in [0.5, 0.6) is 0 Å². The summed E-state index contributed by atoms with van der Waals surface area (Å²) in [6.45, 7) is 13.0. The third-order valence-electron chi connectivity index (χ3n) is 3.84.